The number of nitrogen functional groups attached to an aromatic ring is 1. The first-order chi connectivity index (χ1) is 9.65. The smallest absolute Gasteiger partial charge is 0.224 e. The molecule has 1 unspecified atom stereocenters. The molecule has 0 saturated heterocycles. The van der Waals surface area contributed by atoms with Gasteiger partial charge in [0.05, 0.1) is 12.4 Å². The van der Waals surface area contributed by atoms with Gasteiger partial charge in [0.15, 0.2) is 11.5 Å². The van der Waals surface area contributed by atoms with E-state index in [1.54, 1.807) is 6.33 Å². The van der Waals surface area contributed by atoms with Gasteiger partial charge in [-0.3, -0.25) is 0 Å². The van der Waals surface area contributed by atoms with Crippen LogP contribution in [0.1, 0.15) is 24.1 Å². The predicted octanol–water partition coefficient (Wildman–Crippen LogP) is 2.42. The second-order valence-electron chi connectivity index (χ2n) is 4.75. The molecular weight excluding hydrogens is 252 g/mol. The highest BCUT2D eigenvalue weighted by Gasteiger charge is 2.13. The summed E-state index contributed by atoms with van der Waals surface area (Å²) >= 11 is 0. The maximum atomic E-state index is 5.71. The van der Waals surface area contributed by atoms with E-state index in [0.717, 1.165) is 5.52 Å². The molecule has 102 valence electrons. The molecule has 0 aliphatic carbocycles. The molecule has 2 heterocycles. The quantitative estimate of drug-likeness (QED) is 0.678. The minimum atomic E-state index is 0.108. The molecule has 0 radical (unpaired) electrons. The Morgan fingerprint density at radius 2 is 2.05 bits per heavy atom. The van der Waals surface area contributed by atoms with Crippen molar-refractivity contribution in [3.05, 3.63) is 41.7 Å². The summed E-state index contributed by atoms with van der Waals surface area (Å²) in [6, 6.07) is 8.36. The summed E-state index contributed by atoms with van der Waals surface area (Å²) in [6.07, 6.45) is 1.59. The fraction of sp³-hybridized carbons (Fsp3) is 0.214. The number of aromatic nitrogens is 4. The summed E-state index contributed by atoms with van der Waals surface area (Å²) in [5.41, 5.74) is 9.49. The number of benzene rings is 1. The molecule has 0 aliphatic heterocycles. The zero-order chi connectivity index (χ0) is 14.1. The second-order valence-corrected chi connectivity index (χ2v) is 4.75. The first-order valence-corrected chi connectivity index (χ1v) is 6.44. The molecule has 20 heavy (non-hydrogen) atoms. The van der Waals surface area contributed by atoms with Crippen LogP contribution in [0.15, 0.2) is 30.6 Å². The van der Waals surface area contributed by atoms with Gasteiger partial charge < -0.3 is 16.0 Å². The molecule has 0 aliphatic rings. The molecule has 0 saturated carbocycles. The monoisotopic (exact) mass is 268 g/mol. The van der Waals surface area contributed by atoms with Crippen LogP contribution in [-0.2, 0) is 0 Å². The summed E-state index contributed by atoms with van der Waals surface area (Å²) in [6.45, 7) is 4.18. The van der Waals surface area contributed by atoms with E-state index < -0.39 is 0 Å². The Hall–Kier alpha value is -2.63. The maximum absolute atomic E-state index is 5.71. The second kappa shape index (κ2) is 4.80. The normalized spacial score (nSPS) is 12.5. The number of nitrogens with one attached hydrogen (secondary N) is 2. The van der Waals surface area contributed by atoms with E-state index in [1.807, 2.05) is 12.1 Å². The van der Waals surface area contributed by atoms with E-state index in [1.165, 1.54) is 11.1 Å². The SMILES string of the molecule is Cc1ccccc1C(C)Nc1nc(N)nc2nc[nH]c12. The van der Waals surface area contributed by atoms with Crippen molar-refractivity contribution in [2.75, 3.05) is 11.1 Å². The predicted molar refractivity (Wildman–Crippen MR) is 79.3 cm³/mol. The first kappa shape index (κ1) is 12.4. The maximum Gasteiger partial charge on any atom is 0.224 e. The molecule has 4 N–H and O–H groups in total. The van der Waals surface area contributed by atoms with Gasteiger partial charge in [-0.2, -0.15) is 9.97 Å². The first-order valence-electron chi connectivity index (χ1n) is 6.44. The molecule has 3 rings (SSSR count). The highest BCUT2D eigenvalue weighted by Crippen LogP contribution is 2.24. The van der Waals surface area contributed by atoms with Gasteiger partial charge in [0.1, 0.15) is 5.52 Å². The van der Waals surface area contributed by atoms with Crippen molar-refractivity contribution in [2.24, 2.45) is 0 Å². The molecule has 3 aromatic rings. The van der Waals surface area contributed by atoms with E-state index >= 15 is 0 Å². The van der Waals surface area contributed by atoms with Gasteiger partial charge in [-0.15, -0.1) is 0 Å². The van der Waals surface area contributed by atoms with Gasteiger partial charge in [-0.25, -0.2) is 4.98 Å². The lowest BCUT2D eigenvalue weighted by molar-refractivity contribution is 0.866. The fourth-order valence-corrected chi connectivity index (χ4v) is 2.31. The number of H-pyrrole nitrogens is 1. The zero-order valence-electron chi connectivity index (χ0n) is 11.4. The largest absolute Gasteiger partial charge is 0.368 e. The number of nitrogens with two attached hydrogens (primary N) is 1. The summed E-state index contributed by atoms with van der Waals surface area (Å²) in [5.74, 6) is 0.879. The van der Waals surface area contributed by atoms with E-state index in [9.17, 15) is 0 Å². The van der Waals surface area contributed by atoms with Crippen LogP contribution in [0, 0.1) is 6.92 Å². The summed E-state index contributed by atoms with van der Waals surface area (Å²) < 4.78 is 0. The van der Waals surface area contributed by atoms with Gasteiger partial charge in [0.25, 0.3) is 0 Å². The molecular formula is C14H16N6. The van der Waals surface area contributed by atoms with E-state index in [4.69, 9.17) is 5.73 Å². The Balaban J connectivity index is 1.97. The third-order valence-electron chi connectivity index (χ3n) is 3.31. The molecule has 2 aromatic heterocycles. The van der Waals surface area contributed by atoms with E-state index in [0.29, 0.717) is 11.5 Å². The van der Waals surface area contributed by atoms with Crippen molar-refractivity contribution >= 4 is 22.9 Å². The Kier molecular flexibility index (Phi) is 2.98. The van der Waals surface area contributed by atoms with Crippen molar-refractivity contribution < 1.29 is 0 Å². The summed E-state index contributed by atoms with van der Waals surface area (Å²) in [4.78, 5) is 15.5. The molecule has 0 amide bonds. The lowest BCUT2D eigenvalue weighted by Gasteiger charge is -2.17. The van der Waals surface area contributed by atoms with E-state index in [-0.39, 0.29) is 12.0 Å². The van der Waals surface area contributed by atoms with Crippen molar-refractivity contribution in [3.63, 3.8) is 0 Å². The van der Waals surface area contributed by atoms with Crippen molar-refractivity contribution in [1.82, 2.24) is 19.9 Å². The van der Waals surface area contributed by atoms with Crippen molar-refractivity contribution in [1.29, 1.82) is 0 Å². The average Bonchev–Trinajstić information content (AvgIpc) is 2.87. The van der Waals surface area contributed by atoms with Gasteiger partial charge in [-0.05, 0) is 25.0 Å². The number of rotatable bonds is 3. The van der Waals surface area contributed by atoms with Crippen LogP contribution in [0.2, 0.25) is 0 Å². The molecule has 1 aromatic carbocycles. The zero-order valence-corrected chi connectivity index (χ0v) is 11.4. The Labute approximate surface area is 116 Å². The number of hydrogen-bond acceptors (Lipinski definition) is 5. The van der Waals surface area contributed by atoms with E-state index in [2.05, 4.69) is 51.2 Å². The number of anilines is 2. The molecule has 6 heteroatoms. The van der Waals surface area contributed by atoms with Crippen LogP contribution >= 0.6 is 0 Å². The third-order valence-corrected chi connectivity index (χ3v) is 3.31. The fourth-order valence-electron chi connectivity index (χ4n) is 2.31. The number of nitrogens with zero attached hydrogens (tertiary/aromatic N) is 3. The minimum absolute atomic E-state index is 0.108. The number of hydrogen-bond donors (Lipinski definition) is 3. The van der Waals surface area contributed by atoms with Crippen molar-refractivity contribution in [3.8, 4) is 0 Å². The highest BCUT2D eigenvalue weighted by atomic mass is 15.1. The lowest BCUT2D eigenvalue weighted by Crippen LogP contribution is -2.11. The Morgan fingerprint density at radius 3 is 2.85 bits per heavy atom. The standard InChI is InChI=1S/C14H16N6/c1-8-5-3-4-6-10(8)9(2)18-13-11-12(17-7-16-11)19-14(15)20-13/h3-7,9H,1-2H3,(H4,15,16,17,18,19,20). The van der Waals surface area contributed by atoms with Crippen LogP contribution in [0.5, 0.6) is 0 Å². The average molecular weight is 268 g/mol. The minimum Gasteiger partial charge on any atom is -0.368 e. The topological polar surface area (TPSA) is 92.5 Å². The van der Waals surface area contributed by atoms with Gasteiger partial charge >= 0.3 is 0 Å². The third kappa shape index (κ3) is 2.16. The van der Waals surface area contributed by atoms with Gasteiger partial charge in [-0.1, -0.05) is 24.3 Å². The summed E-state index contributed by atoms with van der Waals surface area (Å²) in [5, 5.41) is 3.37. The van der Waals surface area contributed by atoms with Gasteiger partial charge in [0, 0.05) is 0 Å². The number of imidazole rings is 1. The molecule has 0 bridgehead atoms. The number of aromatic amines is 1. The molecule has 1 atom stereocenters. The summed E-state index contributed by atoms with van der Waals surface area (Å²) in [7, 11) is 0. The van der Waals surface area contributed by atoms with Crippen LogP contribution in [-0.4, -0.2) is 19.9 Å². The Morgan fingerprint density at radius 1 is 1.25 bits per heavy atom. The molecule has 0 fully saturated rings. The van der Waals surface area contributed by atoms with Crippen LogP contribution in [0.4, 0.5) is 11.8 Å². The number of fused-ring (bicyclic) bond motifs is 1. The van der Waals surface area contributed by atoms with Gasteiger partial charge in [0.2, 0.25) is 5.95 Å². The highest BCUT2D eigenvalue weighted by molar-refractivity contribution is 5.83. The molecule has 0 spiro atoms. The Bertz CT molecular complexity index is 748. The molecule has 6 nitrogen and oxygen atoms in total. The van der Waals surface area contributed by atoms with Crippen LogP contribution in [0.3, 0.4) is 0 Å². The lowest BCUT2D eigenvalue weighted by atomic mass is 10.0. The van der Waals surface area contributed by atoms with Crippen LogP contribution in [0.25, 0.3) is 11.2 Å². The van der Waals surface area contributed by atoms with Crippen LogP contribution < -0.4 is 11.1 Å². The number of aryl methyl sites for hydroxylation is 1. The van der Waals surface area contributed by atoms with Crippen molar-refractivity contribution in [2.45, 2.75) is 19.9 Å².